The highest BCUT2D eigenvalue weighted by molar-refractivity contribution is 6.30. The Morgan fingerprint density at radius 1 is 0.962 bits per heavy atom. The van der Waals surface area contributed by atoms with E-state index < -0.39 is 30.1 Å². The van der Waals surface area contributed by atoms with Gasteiger partial charge in [0.2, 0.25) is 0 Å². The van der Waals surface area contributed by atoms with Crippen molar-refractivity contribution in [1.82, 2.24) is 0 Å². The number of esters is 1. The molecule has 1 N–H and O–H groups in total. The molecule has 2 rings (SSSR count). The number of carbonyl (C=O) groups is 3. The second-order valence-corrected chi connectivity index (χ2v) is 5.73. The van der Waals surface area contributed by atoms with Crippen molar-refractivity contribution in [2.24, 2.45) is 0 Å². The zero-order valence-electron chi connectivity index (χ0n) is 13.4. The van der Waals surface area contributed by atoms with Gasteiger partial charge in [-0.05, 0) is 36.4 Å². The van der Waals surface area contributed by atoms with E-state index in [0.29, 0.717) is 16.7 Å². The van der Waals surface area contributed by atoms with Crippen LogP contribution in [-0.2, 0) is 14.3 Å². The fraction of sp³-hybridized carbons (Fsp3) is 0.167. The summed E-state index contributed by atoms with van der Waals surface area (Å²) in [5.41, 5.74) is 0.314. The summed E-state index contributed by atoms with van der Waals surface area (Å²) in [6, 6.07) is 8.72. The predicted molar refractivity (Wildman–Crippen MR) is 91.0 cm³/mol. The molecule has 0 aliphatic carbocycles. The van der Waals surface area contributed by atoms with Gasteiger partial charge >= 0.3 is 5.97 Å². The van der Waals surface area contributed by atoms with Crippen LogP contribution in [0, 0.1) is 11.6 Å². The Bertz CT molecular complexity index is 804. The van der Waals surface area contributed by atoms with Gasteiger partial charge < -0.3 is 10.1 Å². The topological polar surface area (TPSA) is 72.5 Å². The van der Waals surface area contributed by atoms with Crippen LogP contribution in [0.1, 0.15) is 23.2 Å². The third-order valence-corrected chi connectivity index (χ3v) is 3.48. The number of Topliss-reactive ketones (excluding diaryl/α,β-unsaturated/α-hetero) is 1. The highest BCUT2D eigenvalue weighted by Crippen LogP contribution is 2.13. The third-order valence-electron chi connectivity index (χ3n) is 3.23. The maximum atomic E-state index is 13.0. The van der Waals surface area contributed by atoms with Crippen LogP contribution in [0.4, 0.5) is 14.5 Å². The summed E-state index contributed by atoms with van der Waals surface area (Å²) in [7, 11) is 0. The van der Waals surface area contributed by atoms with Gasteiger partial charge in [-0.2, -0.15) is 0 Å². The second kappa shape index (κ2) is 9.05. The van der Waals surface area contributed by atoms with Crippen molar-refractivity contribution < 1.29 is 27.9 Å². The zero-order valence-corrected chi connectivity index (χ0v) is 14.2. The molecule has 0 saturated heterocycles. The molecule has 1 amide bonds. The van der Waals surface area contributed by atoms with E-state index in [1.165, 1.54) is 0 Å². The Labute approximate surface area is 152 Å². The first-order valence-corrected chi connectivity index (χ1v) is 7.91. The van der Waals surface area contributed by atoms with Gasteiger partial charge in [0.05, 0.1) is 6.42 Å². The lowest BCUT2D eigenvalue weighted by Crippen LogP contribution is -2.21. The normalized spacial score (nSPS) is 10.3. The third kappa shape index (κ3) is 6.25. The standard InChI is InChI=1S/C18H14ClF2NO4/c19-12-3-1-11(2-4-12)16(23)5-6-18(25)26-10-17(24)22-15-8-13(20)7-14(21)9-15/h1-4,7-9H,5-6,10H2,(H,22,24). The number of hydrogen-bond donors (Lipinski definition) is 1. The van der Waals surface area contributed by atoms with Crippen molar-refractivity contribution in [2.45, 2.75) is 12.8 Å². The Morgan fingerprint density at radius 2 is 1.58 bits per heavy atom. The highest BCUT2D eigenvalue weighted by Gasteiger charge is 2.12. The molecule has 0 radical (unpaired) electrons. The van der Waals surface area contributed by atoms with E-state index in [0.717, 1.165) is 12.1 Å². The van der Waals surface area contributed by atoms with E-state index in [1.54, 1.807) is 24.3 Å². The van der Waals surface area contributed by atoms with Crippen LogP contribution in [0.15, 0.2) is 42.5 Å². The molecule has 5 nitrogen and oxygen atoms in total. The Morgan fingerprint density at radius 3 is 2.19 bits per heavy atom. The molecule has 2 aromatic carbocycles. The maximum Gasteiger partial charge on any atom is 0.306 e. The van der Waals surface area contributed by atoms with Crippen molar-refractivity contribution in [1.29, 1.82) is 0 Å². The summed E-state index contributed by atoms with van der Waals surface area (Å²) in [4.78, 5) is 35.1. The minimum Gasteiger partial charge on any atom is -0.456 e. The van der Waals surface area contributed by atoms with Crippen molar-refractivity contribution in [3.05, 3.63) is 64.7 Å². The van der Waals surface area contributed by atoms with Gasteiger partial charge in [-0.1, -0.05) is 11.6 Å². The largest absolute Gasteiger partial charge is 0.456 e. The number of carbonyl (C=O) groups excluding carboxylic acids is 3. The van der Waals surface area contributed by atoms with Gasteiger partial charge in [-0.15, -0.1) is 0 Å². The number of hydrogen-bond acceptors (Lipinski definition) is 4. The van der Waals surface area contributed by atoms with E-state index >= 15 is 0 Å². The van der Waals surface area contributed by atoms with Gasteiger partial charge in [0.15, 0.2) is 12.4 Å². The molecule has 136 valence electrons. The fourth-order valence-electron chi connectivity index (χ4n) is 2.04. The molecule has 0 saturated carbocycles. The number of amides is 1. The molecule has 0 spiro atoms. The van der Waals surface area contributed by atoms with Crippen molar-refractivity contribution in [2.75, 3.05) is 11.9 Å². The molecule has 0 fully saturated rings. The first kappa shape index (κ1) is 19.5. The van der Waals surface area contributed by atoms with Gasteiger partial charge in [-0.3, -0.25) is 14.4 Å². The van der Waals surface area contributed by atoms with E-state index in [9.17, 15) is 23.2 Å². The van der Waals surface area contributed by atoms with Crippen molar-refractivity contribution >= 4 is 34.9 Å². The predicted octanol–water partition coefficient (Wildman–Crippen LogP) is 3.76. The molecular weight excluding hydrogens is 368 g/mol. The average Bonchev–Trinajstić information content (AvgIpc) is 2.57. The van der Waals surface area contributed by atoms with Crippen molar-refractivity contribution in [3.63, 3.8) is 0 Å². The minimum absolute atomic E-state index is 0.0861. The summed E-state index contributed by atoms with van der Waals surface area (Å²) in [6.07, 6.45) is -0.291. The van der Waals surface area contributed by atoms with E-state index in [2.05, 4.69) is 5.32 Å². The Kier molecular flexibility index (Phi) is 6.80. The molecule has 8 heteroatoms. The number of ether oxygens (including phenoxy) is 1. The summed E-state index contributed by atoms with van der Waals surface area (Å²) in [5, 5.41) is 2.69. The summed E-state index contributed by atoms with van der Waals surface area (Å²) in [5.74, 6) is -3.46. The quantitative estimate of drug-likeness (QED) is 0.585. The maximum absolute atomic E-state index is 13.0. The van der Waals surface area contributed by atoms with Gasteiger partial charge in [0.1, 0.15) is 11.6 Å². The van der Waals surface area contributed by atoms with Crippen LogP contribution in [0.3, 0.4) is 0 Å². The molecule has 26 heavy (non-hydrogen) atoms. The smallest absolute Gasteiger partial charge is 0.306 e. The highest BCUT2D eigenvalue weighted by atomic mass is 35.5. The van der Waals surface area contributed by atoms with Crippen LogP contribution in [-0.4, -0.2) is 24.3 Å². The van der Waals surface area contributed by atoms with Crippen molar-refractivity contribution in [3.8, 4) is 0 Å². The number of halogens is 3. The van der Waals surface area contributed by atoms with E-state index in [4.69, 9.17) is 16.3 Å². The molecule has 0 heterocycles. The van der Waals surface area contributed by atoms with E-state index in [1.807, 2.05) is 0 Å². The lowest BCUT2D eigenvalue weighted by molar-refractivity contribution is -0.147. The number of ketones is 1. The molecular formula is C18H14ClF2NO4. The molecule has 0 aliphatic rings. The van der Waals surface area contributed by atoms with Gasteiger partial charge in [0.25, 0.3) is 5.91 Å². The molecule has 0 aliphatic heterocycles. The molecule has 0 atom stereocenters. The summed E-state index contributed by atoms with van der Waals surface area (Å²) < 4.78 is 30.8. The minimum atomic E-state index is -0.849. The Hall–Kier alpha value is -2.80. The monoisotopic (exact) mass is 381 g/mol. The van der Waals surface area contributed by atoms with Crippen LogP contribution in [0.2, 0.25) is 5.02 Å². The van der Waals surface area contributed by atoms with E-state index in [-0.39, 0.29) is 24.3 Å². The lowest BCUT2D eigenvalue weighted by atomic mass is 10.1. The first-order valence-electron chi connectivity index (χ1n) is 7.54. The molecule has 2 aromatic rings. The molecule has 0 unspecified atom stereocenters. The van der Waals surface area contributed by atoms with Gasteiger partial charge in [0, 0.05) is 28.8 Å². The van der Waals surface area contributed by atoms with Crippen LogP contribution < -0.4 is 5.32 Å². The number of nitrogens with one attached hydrogen (secondary N) is 1. The molecule has 0 bridgehead atoms. The number of anilines is 1. The van der Waals surface area contributed by atoms with Crippen LogP contribution in [0.25, 0.3) is 0 Å². The average molecular weight is 382 g/mol. The zero-order chi connectivity index (χ0) is 19.1. The molecule has 0 aromatic heterocycles. The van der Waals surface area contributed by atoms with Crippen LogP contribution in [0.5, 0.6) is 0 Å². The fourth-order valence-corrected chi connectivity index (χ4v) is 2.16. The first-order chi connectivity index (χ1) is 12.3. The summed E-state index contributed by atoms with van der Waals surface area (Å²) >= 11 is 5.73. The van der Waals surface area contributed by atoms with Gasteiger partial charge in [-0.25, -0.2) is 8.78 Å². The SMILES string of the molecule is O=C(COC(=O)CCC(=O)c1ccc(Cl)cc1)Nc1cc(F)cc(F)c1. The second-order valence-electron chi connectivity index (χ2n) is 5.30. The summed E-state index contributed by atoms with van der Waals surface area (Å²) in [6.45, 7) is -0.633. The Balaban J connectivity index is 1.74. The number of rotatable bonds is 7. The lowest BCUT2D eigenvalue weighted by Gasteiger charge is -2.07. The van der Waals surface area contributed by atoms with Crippen LogP contribution >= 0.6 is 11.6 Å². The number of benzene rings is 2.